The molecule has 0 aliphatic carbocycles. The zero-order chi connectivity index (χ0) is 22.4. The van der Waals surface area contributed by atoms with Gasteiger partial charge in [0, 0.05) is 51.9 Å². The van der Waals surface area contributed by atoms with Crippen LogP contribution in [0.25, 0.3) is 33.0 Å². The maximum Gasteiger partial charge on any atom is 0.259 e. The standard InChI is InChI=1S/C24H22N4O4/c1-25-7-2-8-28-12-18(16-10-14(30)4-6-20(16)28)22-21(23(31)27-24(22)32)17-11-26-19-5-3-13(29)9-15(17)19/h3-6,9-12,25-26,29-30H,2,7-8H2,1H3,(H,27,31,32). The summed E-state index contributed by atoms with van der Waals surface area (Å²) in [5.74, 6) is -0.838. The maximum atomic E-state index is 13.0. The average Bonchev–Trinajstić information content (AvgIpc) is 3.41. The molecule has 0 unspecified atom stereocenters. The number of amides is 2. The number of H-pyrrole nitrogens is 1. The SMILES string of the molecule is CNCCCn1cc(C2=C(c3c[nH]c4ccc(O)cc34)C(=O)NC2=O)c2cc(O)ccc21. The predicted octanol–water partition coefficient (Wildman–Crippen LogP) is 2.71. The van der Waals surface area contributed by atoms with E-state index in [4.69, 9.17) is 0 Å². The fraction of sp³-hybridized carbons (Fsp3) is 0.167. The number of phenols is 2. The molecule has 2 aromatic carbocycles. The molecule has 3 heterocycles. The summed E-state index contributed by atoms with van der Waals surface area (Å²) in [4.78, 5) is 28.9. The molecule has 0 saturated heterocycles. The summed E-state index contributed by atoms with van der Waals surface area (Å²) in [6.07, 6.45) is 4.40. The summed E-state index contributed by atoms with van der Waals surface area (Å²) in [6.45, 7) is 1.54. The van der Waals surface area contributed by atoms with Crippen molar-refractivity contribution in [2.24, 2.45) is 0 Å². The number of benzene rings is 2. The van der Waals surface area contributed by atoms with Crippen LogP contribution in [-0.4, -0.2) is 45.2 Å². The van der Waals surface area contributed by atoms with Crippen LogP contribution in [0.1, 0.15) is 17.5 Å². The molecule has 1 aliphatic heterocycles. The van der Waals surface area contributed by atoms with E-state index >= 15 is 0 Å². The van der Waals surface area contributed by atoms with Gasteiger partial charge in [-0.1, -0.05) is 0 Å². The third-order valence-electron chi connectivity index (χ3n) is 5.83. The smallest absolute Gasteiger partial charge is 0.259 e. The van der Waals surface area contributed by atoms with Gasteiger partial charge in [0.2, 0.25) is 0 Å². The van der Waals surface area contributed by atoms with E-state index < -0.39 is 11.8 Å². The van der Waals surface area contributed by atoms with Gasteiger partial charge in [-0.3, -0.25) is 14.9 Å². The van der Waals surface area contributed by atoms with Crippen LogP contribution < -0.4 is 10.6 Å². The summed E-state index contributed by atoms with van der Waals surface area (Å²) in [5.41, 5.74) is 3.21. The van der Waals surface area contributed by atoms with Crippen LogP contribution in [0.15, 0.2) is 48.8 Å². The first-order valence-corrected chi connectivity index (χ1v) is 10.3. The Labute approximate surface area is 183 Å². The molecule has 0 radical (unpaired) electrons. The van der Waals surface area contributed by atoms with Gasteiger partial charge in [0.05, 0.1) is 11.1 Å². The molecule has 0 fully saturated rings. The van der Waals surface area contributed by atoms with Crippen molar-refractivity contribution in [1.82, 2.24) is 20.2 Å². The van der Waals surface area contributed by atoms with Gasteiger partial charge in [-0.25, -0.2) is 0 Å². The number of fused-ring (bicyclic) bond motifs is 2. The zero-order valence-corrected chi connectivity index (χ0v) is 17.4. The molecule has 1 aliphatic rings. The fourth-order valence-electron chi connectivity index (χ4n) is 4.38. The molecule has 0 saturated carbocycles. The Hall–Kier alpha value is -4.04. The minimum atomic E-state index is -0.495. The number of nitrogens with zero attached hydrogens (tertiary/aromatic N) is 1. The molecule has 8 nitrogen and oxygen atoms in total. The Bertz CT molecular complexity index is 1430. The van der Waals surface area contributed by atoms with Crippen molar-refractivity contribution in [2.45, 2.75) is 13.0 Å². The monoisotopic (exact) mass is 430 g/mol. The number of nitrogens with one attached hydrogen (secondary N) is 3. The number of phenolic OH excluding ortho intramolecular Hbond substituents is 2. The molecule has 0 bridgehead atoms. The van der Waals surface area contributed by atoms with Crippen LogP contribution in [0.2, 0.25) is 0 Å². The van der Waals surface area contributed by atoms with Crippen molar-refractivity contribution in [1.29, 1.82) is 0 Å². The quantitative estimate of drug-likeness (QED) is 0.238. The highest BCUT2D eigenvalue weighted by Crippen LogP contribution is 2.39. The molecule has 32 heavy (non-hydrogen) atoms. The van der Waals surface area contributed by atoms with E-state index in [1.165, 1.54) is 0 Å². The van der Waals surface area contributed by atoms with Crippen molar-refractivity contribution in [2.75, 3.05) is 13.6 Å². The number of rotatable bonds is 6. The molecule has 0 spiro atoms. The first-order chi connectivity index (χ1) is 15.5. The first kappa shape index (κ1) is 19.9. The molecule has 2 amide bonds. The Kier molecular flexibility index (Phi) is 4.71. The summed E-state index contributed by atoms with van der Waals surface area (Å²) >= 11 is 0. The summed E-state index contributed by atoms with van der Waals surface area (Å²) in [5, 5.41) is 27.0. The van der Waals surface area contributed by atoms with Gasteiger partial charge < -0.3 is 25.1 Å². The number of carbonyl (C=O) groups is 2. The van der Waals surface area contributed by atoms with E-state index in [9.17, 15) is 19.8 Å². The molecule has 5 rings (SSSR count). The minimum absolute atomic E-state index is 0.0660. The molecule has 5 N–H and O–H groups in total. The number of aromatic hydroxyl groups is 2. The highest BCUT2D eigenvalue weighted by Gasteiger charge is 2.35. The van der Waals surface area contributed by atoms with Gasteiger partial charge in [0.15, 0.2) is 0 Å². The Morgan fingerprint density at radius 2 is 1.62 bits per heavy atom. The lowest BCUT2D eigenvalue weighted by Gasteiger charge is -2.04. The van der Waals surface area contributed by atoms with Gasteiger partial charge >= 0.3 is 0 Å². The highest BCUT2D eigenvalue weighted by atomic mass is 16.3. The normalized spacial score (nSPS) is 14.2. The van der Waals surface area contributed by atoms with E-state index in [0.29, 0.717) is 28.4 Å². The second-order valence-electron chi connectivity index (χ2n) is 7.86. The molecule has 162 valence electrons. The number of aromatic nitrogens is 2. The molecular weight excluding hydrogens is 408 g/mol. The van der Waals surface area contributed by atoms with Crippen LogP contribution in [0.3, 0.4) is 0 Å². The van der Waals surface area contributed by atoms with E-state index in [-0.39, 0.29) is 22.6 Å². The number of aromatic amines is 1. The zero-order valence-electron chi connectivity index (χ0n) is 17.4. The number of carbonyl (C=O) groups excluding carboxylic acids is 2. The van der Waals surface area contributed by atoms with E-state index in [0.717, 1.165) is 24.0 Å². The largest absolute Gasteiger partial charge is 0.508 e. The van der Waals surface area contributed by atoms with Gasteiger partial charge in [0.1, 0.15) is 11.5 Å². The Morgan fingerprint density at radius 1 is 0.938 bits per heavy atom. The van der Waals surface area contributed by atoms with Gasteiger partial charge in [0.25, 0.3) is 11.8 Å². The molecule has 8 heteroatoms. The van der Waals surface area contributed by atoms with Crippen LogP contribution in [-0.2, 0) is 16.1 Å². The Balaban J connectivity index is 1.76. The lowest BCUT2D eigenvalue weighted by atomic mass is 9.95. The molecular formula is C24H22N4O4. The maximum absolute atomic E-state index is 13.0. The number of hydrogen-bond donors (Lipinski definition) is 5. The second kappa shape index (κ2) is 7.58. The van der Waals surface area contributed by atoms with Crippen LogP contribution in [0, 0.1) is 0 Å². The number of aryl methyl sites for hydroxylation is 1. The lowest BCUT2D eigenvalue weighted by Crippen LogP contribution is -2.22. The topological polar surface area (TPSA) is 119 Å². The summed E-state index contributed by atoms with van der Waals surface area (Å²) in [6, 6.07) is 9.87. The van der Waals surface area contributed by atoms with Crippen molar-refractivity contribution >= 4 is 44.8 Å². The van der Waals surface area contributed by atoms with Crippen molar-refractivity contribution in [3.8, 4) is 11.5 Å². The molecule has 4 aromatic rings. The summed E-state index contributed by atoms with van der Waals surface area (Å²) < 4.78 is 2.03. The third-order valence-corrected chi connectivity index (χ3v) is 5.83. The first-order valence-electron chi connectivity index (χ1n) is 10.3. The highest BCUT2D eigenvalue weighted by molar-refractivity contribution is 6.50. The van der Waals surface area contributed by atoms with E-state index in [1.54, 1.807) is 36.5 Å². The fourth-order valence-corrected chi connectivity index (χ4v) is 4.38. The summed E-state index contributed by atoms with van der Waals surface area (Å²) in [7, 11) is 1.89. The molecule has 2 aromatic heterocycles. The van der Waals surface area contributed by atoms with Gasteiger partial charge in [-0.2, -0.15) is 0 Å². The van der Waals surface area contributed by atoms with Crippen molar-refractivity contribution < 1.29 is 19.8 Å². The predicted molar refractivity (Wildman–Crippen MR) is 122 cm³/mol. The number of imide groups is 1. The average molecular weight is 430 g/mol. The van der Waals surface area contributed by atoms with Crippen molar-refractivity contribution in [3.05, 3.63) is 59.9 Å². The number of hydrogen-bond acceptors (Lipinski definition) is 5. The second-order valence-corrected chi connectivity index (χ2v) is 7.86. The van der Waals surface area contributed by atoms with Crippen LogP contribution in [0.4, 0.5) is 0 Å². The van der Waals surface area contributed by atoms with Crippen LogP contribution >= 0.6 is 0 Å². The van der Waals surface area contributed by atoms with E-state index in [2.05, 4.69) is 15.6 Å². The van der Waals surface area contributed by atoms with Gasteiger partial charge in [-0.05, 0) is 56.4 Å². The molecule has 0 atom stereocenters. The lowest BCUT2D eigenvalue weighted by molar-refractivity contribution is -0.122. The Morgan fingerprint density at radius 3 is 2.38 bits per heavy atom. The van der Waals surface area contributed by atoms with E-state index in [1.807, 2.05) is 23.9 Å². The van der Waals surface area contributed by atoms with Crippen molar-refractivity contribution in [3.63, 3.8) is 0 Å². The van der Waals surface area contributed by atoms with Gasteiger partial charge in [-0.15, -0.1) is 0 Å². The minimum Gasteiger partial charge on any atom is -0.508 e. The third kappa shape index (κ3) is 3.12. The van der Waals surface area contributed by atoms with Crippen LogP contribution in [0.5, 0.6) is 11.5 Å².